The molecular weight excluding hydrogens is 351 g/mol. The van der Waals surface area contributed by atoms with Crippen LogP contribution in [0, 0.1) is 0 Å². The minimum Gasteiger partial charge on any atom is -0.399 e. The lowest BCUT2D eigenvalue weighted by molar-refractivity contribution is 0.501. The lowest BCUT2D eigenvalue weighted by atomic mass is 10.2. The van der Waals surface area contributed by atoms with Gasteiger partial charge in [0.15, 0.2) is 0 Å². The highest BCUT2D eigenvalue weighted by Crippen LogP contribution is 2.26. The van der Waals surface area contributed by atoms with Gasteiger partial charge >= 0.3 is 9.33 Å². The smallest absolute Gasteiger partial charge is 0.353 e. The molecule has 0 amide bonds. The van der Waals surface area contributed by atoms with Crippen LogP contribution in [0.2, 0.25) is 0 Å². The molecule has 0 radical (unpaired) electrons. The monoisotopic (exact) mass is 364 g/mol. The van der Waals surface area contributed by atoms with Crippen molar-refractivity contribution >= 4 is 55.2 Å². The van der Waals surface area contributed by atoms with Crippen LogP contribution >= 0.6 is 23.1 Å². The molecule has 5 N–H and O–H groups in total. The van der Waals surface area contributed by atoms with Crippen LogP contribution in [0.3, 0.4) is 0 Å². The van der Waals surface area contributed by atoms with Crippen LogP contribution < -0.4 is 11.5 Å². The summed E-state index contributed by atoms with van der Waals surface area (Å²) in [6, 6.07) is 14.6. The average Bonchev–Trinajstić information content (AvgIpc) is 2.37. The zero-order valence-electron chi connectivity index (χ0n) is 11.1. The standard InChI is InChI=1S/C12H12N4.ClHO3S.ClH/c13-9-6-7-12(11(14)8-9)16-15-10-4-2-1-3-5-10;1-5(2,3)4;/h1-8H,13-14H2;(H,2,3,4);1H/b16-15+;;. The first-order chi connectivity index (χ1) is 9.75. The number of benzene rings is 2. The number of anilines is 2. The molecule has 0 unspecified atom stereocenters. The van der Waals surface area contributed by atoms with Crippen molar-refractivity contribution in [1.29, 1.82) is 0 Å². The van der Waals surface area contributed by atoms with Crippen molar-refractivity contribution in [2.75, 3.05) is 11.5 Å². The number of hydrogen-bond acceptors (Lipinski definition) is 6. The first kappa shape index (κ1) is 20.1. The maximum Gasteiger partial charge on any atom is 0.353 e. The Morgan fingerprint density at radius 2 is 1.55 bits per heavy atom. The van der Waals surface area contributed by atoms with Gasteiger partial charge in [0.2, 0.25) is 0 Å². The lowest BCUT2D eigenvalue weighted by Crippen LogP contribution is -1.89. The fourth-order valence-electron chi connectivity index (χ4n) is 1.27. The van der Waals surface area contributed by atoms with Crippen molar-refractivity contribution in [1.82, 2.24) is 0 Å². The number of hydrogen-bond donors (Lipinski definition) is 3. The Kier molecular flexibility index (Phi) is 8.43. The van der Waals surface area contributed by atoms with Crippen LogP contribution in [0.15, 0.2) is 58.8 Å². The quantitative estimate of drug-likeness (QED) is 0.323. The van der Waals surface area contributed by atoms with Gasteiger partial charge in [-0.2, -0.15) is 13.5 Å². The highest BCUT2D eigenvalue weighted by molar-refractivity contribution is 8.09. The second-order valence-corrected chi connectivity index (χ2v) is 5.76. The highest BCUT2D eigenvalue weighted by Gasteiger charge is 1.97. The van der Waals surface area contributed by atoms with Crippen molar-refractivity contribution in [2.45, 2.75) is 0 Å². The summed E-state index contributed by atoms with van der Waals surface area (Å²) in [5, 5.41) is 8.13. The minimum atomic E-state index is -4.19. The van der Waals surface area contributed by atoms with Gasteiger partial charge in [-0.3, -0.25) is 4.55 Å². The molecule has 22 heavy (non-hydrogen) atoms. The average molecular weight is 365 g/mol. The Bertz CT molecular complexity index is 716. The summed E-state index contributed by atoms with van der Waals surface area (Å²) in [5.41, 5.74) is 13.9. The normalized spacial score (nSPS) is 10.5. The van der Waals surface area contributed by atoms with E-state index >= 15 is 0 Å². The van der Waals surface area contributed by atoms with Gasteiger partial charge in [0.25, 0.3) is 0 Å². The topological polar surface area (TPSA) is 131 Å². The lowest BCUT2D eigenvalue weighted by Gasteiger charge is -1.99. The second kappa shape index (κ2) is 9.21. The van der Waals surface area contributed by atoms with E-state index in [1.165, 1.54) is 0 Å². The number of nitrogens with two attached hydrogens (primary N) is 2. The summed E-state index contributed by atoms with van der Waals surface area (Å²) in [7, 11) is -0.137. The fourth-order valence-corrected chi connectivity index (χ4v) is 1.27. The molecule has 0 fully saturated rings. The van der Waals surface area contributed by atoms with E-state index < -0.39 is 9.33 Å². The highest BCUT2D eigenvalue weighted by atomic mass is 35.7. The van der Waals surface area contributed by atoms with E-state index in [0.29, 0.717) is 17.1 Å². The Hall–Kier alpha value is -1.87. The van der Waals surface area contributed by atoms with Crippen molar-refractivity contribution in [3.8, 4) is 0 Å². The van der Waals surface area contributed by atoms with E-state index in [0.717, 1.165) is 5.69 Å². The molecule has 10 heteroatoms. The van der Waals surface area contributed by atoms with Crippen molar-refractivity contribution < 1.29 is 13.0 Å². The summed E-state index contributed by atoms with van der Waals surface area (Å²) < 4.78 is 25.2. The number of rotatable bonds is 2. The molecule has 2 aromatic carbocycles. The molecule has 0 aromatic heterocycles. The zero-order chi connectivity index (χ0) is 15.9. The molecule has 0 aliphatic rings. The van der Waals surface area contributed by atoms with Gasteiger partial charge in [-0.25, -0.2) is 0 Å². The van der Waals surface area contributed by atoms with Crippen LogP contribution in [0.5, 0.6) is 0 Å². The third-order valence-corrected chi connectivity index (χ3v) is 2.08. The first-order valence-electron chi connectivity index (χ1n) is 5.54. The summed E-state index contributed by atoms with van der Waals surface area (Å²) in [4.78, 5) is 0. The van der Waals surface area contributed by atoms with E-state index in [4.69, 9.17) is 24.4 Å². The number of nitrogen functional groups attached to an aromatic ring is 2. The summed E-state index contributed by atoms with van der Waals surface area (Å²) >= 11 is 0. The molecule has 0 atom stereocenters. The first-order valence-corrected chi connectivity index (χ1v) is 7.81. The third-order valence-electron chi connectivity index (χ3n) is 2.08. The molecule has 0 saturated carbocycles. The fraction of sp³-hybridized carbons (Fsp3) is 0. The van der Waals surface area contributed by atoms with E-state index in [9.17, 15) is 0 Å². The molecule has 0 bridgehead atoms. The molecule has 0 saturated heterocycles. The number of halogens is 2. The molecule has 0 heterocycles. The third kappa shape index (κ3) is 9.14. The molecule has 7 nitrogen and oxygen atoms in total. The van der Waals surface area contributed by atoms with Crippen molar-refractivity contribution in [3.05, 3.63) is 48.5 Å². The number of nitrogens with zero attached hydrogens (tertiary/aromatic N) is 2. The largest absolute Gasteiger partial charge is 0.399 e. The summed E-state index contributed by atoms with van der Waals surface area (Å²) in [6.07, 6.45) is 0. The predicted molar refractivity (Wildman–Crippen MR) is 90.5 cm³/mol. The predicted octanol–water partition coefficient (Wildman–Crippen LogP) is 3.72. The molecule has 2 aromatic rings. The maximum absolute atomic E-state index is 8.95. The van der Waals surface area contributed by atoms with Gasteiger partial charge in [0, 0.05) is 16.4 Å². The molecule has 2 rings (SSSR count). The van der Waals surface area contributed by atoms with E-state index in [1.807, 2.05) is 30.3 Å². The van der Waals surface area contributed by atoms with Crippen LogP contribution in [0.25, 0.3) is 0 Å². The molecule has 120 valence electrons. The van der Waals surface area contributed by atoms with Crippen molar-refractivity contribution in [3.63, 3.8) is 0 Å². The molecule has 0 spiro atoms. The minimum absolute atomic E-state index is 0. The molecule has 0 aliphatic carbocycles. The van der Waals surface area contributed by atoms with Crippen LogP contribution in [-0.2, 0) is 9.33 Å². The van der Waals surface area contributed by atoms with Crippen LogP contribution in [0.1, 0.15) is 0 Å². The van der Waals surface area contributed by atoms with Gasteiger partial charge < -0.3 is 11.5 Å². The van der Waals surface area contributed by atoms with E-state index in [-0.39, 0.29) is 12.4 Å². The Balaban J connectivity index is 0.000000644. The Labute approximate surface area is 138 Å². The maximum atomic E-state index is 8.95. The zero-order valence-corrected chi connectivity index (χ0v) is 13.5. The van der Waals surface area contributed by atoms with E-state index in [2.05, 4.69) is 20.9 Å². The Morgan fingerprint density at radius 1 is 1.00 bits per heavy atom. The molecular formula is C12H14Cl2N4O3S. The summed E-state index contributed by atoms with van der Waals surface area (Å²) in [5.74, 6) is 0. The van der Waals surface area contributed by atoms with Crippen LogP contribution in [0.4, 0.5) is 22.7 Å². The van der Waals surface area contributed by atoms with Gasteiger partial charge in [-0.15, -0.1) is 17.5 Å². The van der Waals surface area contributed by atoms with Gasteiger partial charge in [-0.05, 0) is 30.3 Å². The van der Waals surface area contributed by atoms with Gasteiger partial charge in [-0.1, -0.05) is 18.2 Å². The van der Waals surface area contributed by atoms with Gasteiger partial charge in [0.05, 0.1) is 11.4 Å². The van der Waals surface area contributed by atoms with E-state index in [1.54, 1.807) is 18.2 Å². The second-order valence-electron chi connectivity index (χ2n) is 3.77. The van der Waals surface area contributed by atoms with Crippen LogP contribution in [-0.4, -0.2) is 13.0 Å². The SMILES string of the molecule is Cl.Nc1ccc(/N=N/c2ccccc2)c(N)c1.O=S(=O)(O)Cl. The number of azo groups is 1. The van der Waals surface area contributed by atoms with Gasteiger partial charge in [0.1, 0.15) is 5.69 Å². The summed E-state index contributed by atoms with van der Waals surface area (Å²) in [6.45, 7) is 0. The van der Waals surface area contributed by atoms with Crippen molar-refractivity contribution in [2.24, 2.45) is 10.2 Å². The molecule has 0 aliphatic heterocycles. The Morgan fingerprint density at radius 3 is 2.05 bits per heavy atom.